The molecule has 21 heavy (non-hydrogen) atoms. The van der Waals surface area contributed by atoms with Crippen molar-refractivity contribution in [3.8, 4) is 22.8 Å². The molecule has 0 aliphatic carbocycles. The maximum atomic E-state index is 4.51. The highest BCUT2D eigenvalue weighted by molar-refractivity contribution is 5.75. The van der Waals surface area contributed by atoms with Crippen LogP contribution in [0.25, 0.3) is 28.4 Å². The molecular formula is C14H11N7. The van der Waals surface area contributed by atoms with Gasteiger partial charge in [-0.2, -0.15) is 5.10 Å². The molecule has 0 aromatic carbocycles. The molecule has 0 fully saturated rings. The van der Waals surface area contributed by atoms with Gasteiger partial charge >= 0.3 is 0 Å². The predicted octanol–water partition coefficient (Wildman–Crippen LogP) is 1.88. The highest BCUT2D eigenvalue weighted by Crippen LogP contribution is 2.26. The molecule has 0 saturated carbocycles. The summed E-state index contributed by atoms with van der Waals surface area (Å²) in [5.74, 6) is 1.32. The molecule has 7 heteroatoms. The average Bonchev–Trinajstić information content (AvgIpc) is 3.13. The van der Waals surface area contributed by atoms with Crippen LogP contribution in [0.2, 0.25) is 0 Å². The Morgan fingerprint density at radius 3 is 2.95 bits per heavy atom. The van der Waals surface area contributed by atoms with Gasteiger partial charge in [0.2, 0.25) is 0 Å². The molecule has 0 atom stereocenters. The Morgan fingerprint density at radius 1 is 1.14 bits per heavy atom. The lowest BCUT2D eigenvalue weighted by Crippen LogP contribution is -1.92. The van der Waals surface area contributed by atoms with E-state index in [0.717, 1.165) is 22.6 Å². The lowest BCUT2D eigenvalue weighted by atomic mass is 10.2. The summed E-state index contributed by atoms with van der Waals surface area (Å²) in [5.41, 5.74) is 3.17. The van der Waals surface area contributed by atoms with Crippen molar-refractivity contribution in [2.75, 3.05) is 0 Å². The van der Waals surface area contributed by atoms with Crippen molar-refractivity contribution in [1.29, 1.82) is 0 Å². The lowest BCUT2D eigenvalue weighted by Gasteiger charge is -2.00. The Labute approximate surface area is 119 Å². The zero-order chi connectivity index (χ0) is 14.2. The van der Waals surface area contributed by atoms with Crippen LogP contribution in [0.4, 0.5) is 0 Å². The first-order valence-electron chi connectivity index (χ1n) is 6.46. The Morgan fingerprint density at radius 2 is 2.10 bits per heavy atom. The van der Waals surface area contributed by atoms with E-state index in [9.17, 15) is 0 Å². The van der Waals surface area contributed by atoms with Crippen molar-refractivity contribution in [1.82, 2.24) is 34.8 Å². The van der Waals surface area contributed by atoms with E-state index in [-0.39, 0.29) is 0 Å². The summed E-state index contributed by atoms with van der Waals surface area (Å²) in [5, 5.41) is 11.5. The number of nitrogens with one attached hydrogen (secondary N) is 1. The van der Waals surface area contributed by atoms with E-state index >= 15 is 0 Å². The fourth-order valence-electron chi connectivity index (χ4n) is 2.19. The van der Waals surface area contributed by atoms with Crippen LogP contribution in [0.3, 0.4) is 0 Å². The van der Waals surface area contributed by atoms with Crippen LogP contribution >= 0.6 is 0 Å². The van der Waals surface area contributed by atoms with Gasteiger partial charge in [-0.3, -0.25) is 5.10 Å². The van der Waals surface area contributed by atoms with E-state index in [1.54, 1.807) is 16.9 Å². The number of aromatic nitrogens is 7. The third kappa shape index (κ3) is 1.95. The first-order valence-corrected chi connectivity index (χ1v) is 6.46. The molecule has 1 N–H and O–H groups in total. The number of aromatic amines is 1. The summed E-state index contributed by atoms with van der Waals surface area (Å²) in [6.07, 6.45) is 5.29. The van der Waals surface area contributed by atoms with E-state index in [1.807, 2.05) is 37.4 Å². The minimum Gasteiger partial charge on any atom is -0.275 e. The summed E-state index contributed by atoms with van der Waals surface area (Å²) < 4.78 is 1.73. The molecule has 4 heterocycles. The Hall–Kier alpha value is -3.09. The molecule has 4 rings (SSSR count). The monoisotopic (exact) mass is 277 g/mol. The minimum atomic E-state index is 0.612. The minimum absolute atomic E-state index is 0.612. The topological polar surface area (TPSA) is 84.7 Å². The standard InChI is InChI=1S/C14H11N7/c1-9-15-6-5-11(17-9)13-10(8-16-19-13)14-18-12-4-2-3-7-21(12)20-14/h2-8H,1H3,(H,16,19). The first-order chi connectivity index (χ1) is 10.3. The molecular weight excluding hydrogens is 266 g/mol. The van der Waals surface area contributed by atoms with Crippen LogP contribution in [-0.2, 0) is 0 Å². The molecule has 0 bridgehead atoms. The molecule has 0 saturated heterocycles. The van der Waals surface area contributed by atoms with Gasteiger partial charge in [-0.25, -0.2) is 19.5 Å². The summed E-state index contributed by atoms with van der Waals surface area (Å²) in [6, 6.07) is 7.58. The maximum Gasteiger partial charge on any atom is 0.186 e. The van der Waals surface area contributed by atoms with Crippen molar-refractivity contribution < 1.29 is 0 Å². The summed E-state index contributed by atoms with van der Waals surface area (Å²) >= 11 is 0. The molecule has 0 aliphatic rings. The van der Waals surface area contributed by atoms with Crippen molar-refractivity contribution in [2.24, 2.45) is 0 Å². The molecule has 4 aromatic heterocycles. The van der Waals surface area contributed by atoms with Crippen LogP contribution < -0.4 is 0 Å². The van der Waals surface area contributed by atoms with Crippen LogP contribution in [0, 0.1) is 6.92 Å². The molecule has 102 valence electrons. The normalized spacial score (nSPS) is 11.1. The van der Waals surface area contributed by atoms with Crippen molar-refractivity contribution in [3.05, 3.63) is 48.7 Å². The average molecular weight is 277 g/mol. The number of nitrogens with zero attached hydrogens (tertiary/aromatic N) is 6. The number of hydrogen-bond acceptors (Lipinski definition) is 5. The van der Waals surface area contributed by atoms with Crippen molar-refractivity contribution >= 4 is 5.65 Å². The van der Waals surface area contributed by atoms with E-state index < -0.39 is 0 Å². The molecule has 0 spiro atoms. The third-order valence-electron chi connectivity index (χ3n) is 3.15. The fourth-order valence-corrected chi connectivity index (χ4v) is 2.19. The number of aryl methyl sites for hydroxylation is 1. The SMILES string of the molecule is Cc1nccc(-c2[nH]ncc2-c2nc3ccccn3n2)n1. The largest absolute Gasteiger partial charge is 0.275 e. The van der Waals surface area contributed by atoms with Crippen molar-refractivity contribution in [3.63, 3.8) is 0 Å². The van der Waals surface area contributed by atoms with Gasteiger partial charge in [-0.05, 0) is 25.1 Å². The van der Waals surface area contributed by atoms with Gasteiger partial charge in [0.25, 0.3) is 0 Å². The van der Waals surface area contributed by atoms with Crippen LogP contribution in [-0.4, -0.2) is 34.8 Å². The Balaban J connectivity index is 1.88. The second-order valence-corrected chi connectivity index (χ2v) is 4.59. The zero-order valence-electron chi connectivity index (χ0n) is 11.2. The lowest BCUT2D eigenvalue weighted by molar-refractivity contribution is 0.966. The zero-order valence-corrected chi connectivity index (χ0v) is 11.2. The number of H-pyrrole nitrogens is 1. The van der Waals surface area contributed by atoms with Crippen LogP contribution in [0.1, 0.15) is 5.82 Å². The van der Waals surface area contributed by atoms with E-state index in [4.69, 9.17) is 0 Å². The van der Waals surface area contributed by atoms with Gasteiger partial charge in [0, 0.05) is 12.4 Å². The first kappa shape index (κ1) is 11.7. The van der Waals surface area contributed by atoms with Crippen molar-refractivity contribution in [2.45, 2.75) is 6.92 Å². The Bertz CT molecular complexity index is 889. The molecule has 0 unspecified atom stereocenters. The van der Waals surface area contributed by atoms with Gasteiger partial charge in [0.05, 0.1) is 23.1 Å². The smallest absolute Gasteiger partial charge is 0.186 e. The Kier molecular flexibility index (Phi) is 2.50. The van der Waals surface area contributed by atoms with E-state index in [1.165, 1.54) is 0 Å². The summed E-state index contributed by atoms with van der Waals surface area (Å²) in [7, 11) is 0. The second-order valence-electron chi connectivity index (χ2n) is 4.59. The van der Waals surface area contributed by atoms with Gasteiger partial charge in [0.1, 0.15) is 5.82 Å². The highest BCUT2D eigenvalue weighted by Gasteiger charge is 2.15. The molecule has 0 aliphatic heterocycles. The van der Waals surface area contributed by atoms with Gasteiger partial charge in [-0.1, -0.05) is 6.07 Å². The summed E-state index contributed by atoms with van der Waals surface area (Å²) in [6.45, 7) is 1.85. The number of fused-ring (bicyclic) bond motifs is 1. The third-order valence-corrected chi connectivity index (χ3v) is 3.15. The molecule has 0 amide bonds. The van der Waals surface area contributed by atoms with Gasteiger partial charge in [-0.15, -0.1) is 5.10 Å². The number of rotatable bonds is 2. The molecule has 0 radical (unpaired) electrons. The number of hydrogen-bond donors (Lipinski definition) is 1. The van der Waals surface area contributed by atoms with E-state index in [0.29, 0.717) is 11.6 Å². The molecule has 7 nitrogen and oxygen atoms in total. The highest BCUT2D eigenvalue weighted by atomic mass is 15.3. The quantitative estimate of drug-likeness (QED) is 0.604. The maximum absolute atomic E-state index is 4.51. The van der Waals surface area contributed by atoms with Gasteiger partial charge < -0.3 is 0 Å². The molecule has 4 aromatic rings. The number of pyridine rings is 1. The predicted molar refractivity (Wildman–Crippen MR) is 76.3 cm³/mol. The second kappa shape index (κ2) is 4.48. The van der Waals surface area contributed by atoms with Crippen LogP contribution in [0.5, 0.6) is 0 Å². The fraction of sp³-hybridized carbons (Fsp3) is 0.0714. The van der Waals surface area contributed by atoms with Crippen LogP contribution in [0.15, 0.2) is 42.9 Å². The van der Waals surface area contributed by atoms with E-state index in [2.05, 4.69) is 30.2 Å². The van der Waals surface area contributed by atoms with Gasteiger partial charge in [0.15, 0.2) is 11.5 Å². The summed E-state index contributed by atoms with van der Waals surface area (Å²) in [4.78, 5) is 13.0.